The molecule has 0 radical (unpaired) electrons. The fourth-order valence-electron chi connectivity index (χ4n) is 2.54. The van der Waals surface area contributed by atoms with Crippen LogP contribution in [-0.4, -0.2) is 37.1 Å². The number of hydrogen-bond acceptors (Lipinski definition) is 6. The van der Waals surface area contributed by atoms with Crippen molar-refractivity contribution in [3.63, 3.8) is 0 Å². The van der Waals surface area contributed by atoms with Crippen molar-refractivity contribution < 1.29 is 4.79 Å². The first-order valence-corrected chi connectivity index (χ1v) is 6.51. The predicted molar refractivity (Wildman–Crippen MR) is 73.3 cm³/mol. The van der Waals surface area contributed by atoms with E-state index in [9.17, 15) is 4.79 Å². The third-order valence-electron chi connectivity index (χ3n) is 3.52. The average Bonchev–Trinajstić information content (AvgIpc) is 2.93. The van der Waals surface area contributed by atoms with Crippen molar-refractivity contribution in [2.24, 2.45) is 18.8 Å². The zero-order valence-electron chi connectivity index (χ0n) is 11.5. The summed E-state index contributed by atoms with van der Waals surface area (Å²) in [5, 5.41) is 4.91. The molecule has 1 saturated heterocycles. The van der Waals surface area contributed by atoms with E-state index in [0.717, 1.165) is 11.9 Å². The molecule has 0 bridgehead atoms. The number of hydrazine groups is 1. The zero-order valence-corrected chi connectivity index (χ0v) is 11.5. The molecule has 1 aliphatic heterocycles. The molecule has 1 amide bonds. The van der Waals surface area contributed by atoms with Gasteiger partial charge in [0.2, 0.25) is 5.91 Å². The van der Waals surface area contributed by atoms with Gasteiger partial charge in [-0.25, -0.2) is 15.8 Å². The number of nitrogens with two attached hydrogens (primary N) is 1. The molecule has 106 valence electrons. The van der Waals surface area contributed by atoms with Crippen LogP contribution >= 0.6 is 0 Å². The molecule has 1 fully saturated rings. The molecule has 3 heterocycles. The van der Waals surface area contributed by atoms with Crippen LogP contribution in [0.1, 0.15) is 19.2 Å². The topological polar surface area (TPSA) is 102 Å². The van der Waals surface area contributed by atoms with Gasteiger partial charge in [-0.05, 0) is 5.92 Å². The number of nitrogens with one attached hydrogen (secondary N) is 1. The highest BCUT2D eigenvalue weighted by molar-refractivity contribution is 5.86. The number of nitrogen functional groups attached to an aromatic ring is 1. The van der Waals surface area contributed by atoms with Crippen molar-refractivity contribution in [2.75, 3.05) is 12.0 Å². The summed E-state index contributed by atoms with van der Waals surface area (Å²) in [5.74, 6) is 7.12. The maximum Gasteiger partial charge on any atom is 0.223 e. The van der Waals surface area contributed by atoms with Gasteiger partial charge in [-0.1, -0.05) is 6.92 Å². The van der Waals surface area contributed by atoms with E-state index in [-0.39, 0.29) is 5.91 Å². The number of fused-ring (bicyclic) bond motifs is 1. The van der Waals surface area contributed by atoms with Crippen molar-refractivity contribution in [3.8, 4) is 0 Å². The number of amides is 1. The van der Waals surface area contributed by atoms with Crippen molar-refractivity contribution in [1.29, 1.82) is 0 Å². The first kappa shape index (κ1) is 12.8. The van der Waals surface area contributed by atoms with Crippen molar-refractivity contribution in [2.45, 2.75) is 19.9 Å². The van der Waals surface area contributed by atoms with Gasteiger partial charge in [-0.2, -0.15) is 5.10 Å². The second-order valence-electron chi connectivity index (χ2n) is 5.22. The number of anilines is 1. The van der Waals surface area contributed by atoms with E-state index in [4.69, 9.17) is 5.84 Å². The van der Waals surface area contributed by atoms with E-state index in [1.54, 1.807) is 15.8 Å². The highest BCUT2D eigenvalue weighted by atomic mass is 16.2. The summed E-state index contributed by atoms with van der Waals surface area (Å²) in [6.07, 6.45) is 2.26. The van der Waals surface area contributed by atoms with Crippen LogP contribution in [0.5, 0.6) is 0 Å². The third kappa shape index (κ3) is 2.07. The molecule has 0 spiro atoms. The summed E-state index contributed by atoms with van der Waals surface area (Å²) < 4.78 is 1.66. The molecule has 0 aliphatic carbocycles. The Kier molecular flexibility index (Phi) is 3.01. The lowest BCUT2D eigenvalue weighted by Crippen LogP contribution is -2.26. The second kappa shape index (κ2) is 4.71. The Bertz CT molecular complexity index is 665. The average molecular weight is 275 g/mol. The molecule has 8 heteroatoms. The number of hydrogen-bond donors (Lipinski definition) is 2. The first-order valence-electron chi connectivity index (χ1n) is 6.51. The van der Waals surface area contributed by atoms with Crippen LogP contribution in [-0.2, 0) is 18.4 Å². The Hall–Kier alpha value is -2.22. The van der Waals surface area contributed by atoms with Gasteiger partial charge in [0.1, 0.15) is 0 Å². The summed E-state index contributed by atoms with van der Waals surface area (Å²) in [4.78, 5) is 22.4. The van der Waals surface area contributed by atoms with Gasteiger partial charge in [0.25, 0.3) is 0 Å². The minimum atomic E-state index is 0.147. The number of nitrogens with zero attached hydrogens (tertiary/aromatic N) is 5. The predicted octanol–water partition coefficient (Wildman–Crippen LogP) is 0.0173. The molecule has 1 aliphatic rings. The Labute approximate surface area is 115 Å². The van der Waals surface area contributed by atoms with Crippen LogP contribution in [0.2, 0.25) is 0 Å². The molecule has 0 aromatic carbocycles. The van der Waals surface area contributed by atoms with Crippen LogP contribution in [0, 0.1) is 5.92 Å². The Morgan fingerprint density at radius 3 is 2.95 bits per heavy atom. The molecule has 1 unspecified atom stereocenters. The number of carbonyl (C=O) groups excluding carboxylic acids is 1. The van der Waals surface area contributed by atoms with Crippen LogP contribution in [0.25, 0.3) is 11.0 Å². The summed E-state index contributed by atoms with van der Waals surface area (Å²) in [6, 6.07) is 0. The lowest BCUT2D eigenvalue weighted by molar-refractivity contribution is -0.128. The number of carbonyl (C=O) groups is 1. The third-order valence-corrected chi connectivity index (χ3v) is 3.52. The monoisotopic (exact) mass is 275 g/mol. The van der Waals surface area contributed by atoms with Gasteiger partial charge >= 0.3 is 0 Å². The van der Waals surface area contributed by atoms with Crippen molar-refractivity contribution in [1.82, 2.24) is 24.6 Å². The van der Waals surface area contributed by atoms with E-state index in [1.165, 1.54) is 0 Å². The number of aromatic nitrogens is 4. The summed E-state index contributed by atoms with van der Waals surface area (Å²) in [6.45, 7) is 3.21. The molecule has 2 aromatic rings. The first-order chi connectivity index (χ1) is 9.58. The highest BCUT2D eigenvalue weighted by Gasteiger charge is 2.27. The van der Waals surface area contributed by atoms with Crippen LogP contribution < -0.4 is 11.3 Å². The van der Waals surface area contributed by atoms with E-state index in [1.807, 2.05) is 7.05 Å². The number of rotatable bonds is 3. The maximum atomic E-state index is 11.8. The Balaban J connectivity index is 1.95. The Morgan fingerprint density at radius 1 is 1.50 bits per heavy atom. The van der Waals surface area contributed by atoms with Gasteiger partial charge < -0.3 is 10.3 Å². The lowest BCUT2D eigenvalue weighted by atomic mass is 10.2. The van der Waals surface area contributed by atoms with E-state index in [2.05, 4.69) is 27.4 Å². The smallest absolute Gasteiger partial charge is 0.223 e. The number of aryl methyl sites for hydroxylation is 1. The minimum Gasteiger partial charge on any atom is -0.335 e. The zero-order chi connectivity index (χ0) is 14.3. The van der Waals surface area contributed by atoms with Crippen molar-refractivity contribution >= 4 is 22.8 Å². The molecule has 3 rings (SSSR count). The molecule has 3 N–H and O–H groups in total. The molecule has 2 aromatic heterocycles. The standard InChI is InChI=1S/C12H17N7O/c1-7-3-10(20)19(5-7)6-9-15-11(17-13)8-4-14-18(2)12(8)16-9/h4,7H,3,5-6,13H2,1-2H3,(H,15,16,17). The van der Waals surface area contributed by atoms with Gasteiger partial charge in [-0.15, -0.1) is 0 Å². The summed E-state index contributed by atoms with van der Waals surface area (Å²) in [7, 11) is 1.81. The normalized spacial score (nSPS) is 19.1. The van der Waals surface area contributed by atoms with Crippen molar-refractivity contribution in [3.05, 3.63) is 12.0 Å². The molecule has 8 nitrogen and oxygen atoms in total. The van der Waals surface area contributed by atoms with Crippen LogP contribution in [0.4, 0.5) is 5.82 Å². The van der Waals surface area contributed by atoms with E-state index in [0.29, 0.717) is 36.2 Å². The van der Waals surface area contributed by atoms with E-state index >= 15 is 0 Å². The second-order valence-corrected chi connectivity index (χ2v) is 5.22. The SMILES string of the molecule is CC1CC(=O)N(Cc2nc(NN)c3cnn(C)c3n2)C1. The van der Waals surface area contributed by atoms with Gasteiger partial charge in [0.05, 0.1) is 18.1 Å². The molecule has 0 saturated carbocycles. The molecular formula is C12H17N7O. The van der Waals surface area contributed by atoms with Crippen LogP contribution in [0.3, 0.4) is 0 Å². The maximum absolute atomic E-state index is 11.8. The fourth-order valence-corrected chi connectivity index (χ4v) is 2.54. The minimum absolute atomic E-state index is 0.147. The number of likely N-dealkylation sites (tertiary alicyclic amines) is 1. The van der Waals surface area contributed by atoms with E-state index < -0.39 is 0 Å². The Morgan fingerprint density at radius 2 is 2.30 bits per heavy atom. The van der Waals surface area contributed by atoms with Gasteiger partial charge in [0.15, 0.2) is 17.3 Å². The summed E-state index contributed by atoms with van der Waals surface area (Å²) in [5.41, 5.74) is 3.26. The molecule has 1 atom stereocenters. The highest BCUT2D eigenvalue weighted by Crippen LogP contribution is 2.22. The molecule has 20 heavy (non-hydrogen) atoms. The quantitative estimate of drug-likeness (QED) is 0.604. The van der Waals surface area contributed by atoms with Crippen LogP contribution in [0.15, 0.2) is 6.20 Å². The lowest BCUT2D eigenvalue weighted by Gasteiger charge is -2.15. The molecular weight excluding hydrogens is 258 g/mol. The summed E-state index contributed by atoms with van der Waals surface area (Å²) >= 11 is 0. The fraction of sp³-hybridized carbons (Fsp3) is 0.500. The van der Waals surface area contributed by atoms with Gasteiger partial charge in [0, 0.05) is 20.0 Å². The largest absolute Gasteiger partial charge is 0.335 e. The van der Waals surface area contributed by atoms with Gasteiger partial charge in [-0.3, -0.25) is 9.48 Å².